The van der Waals surface area contributed by atoms with Crippen molar-refractivity contribution in [3.8, 4) is 0 Å². The van der Waals surface area contributed by atoms with Gasteiger partial charge in [0.05, 0.1) is 11.6 Å². The highest BCUT2D eigenvalue weighted by Crippen LogP contribution is 2.15. The van der Waals surface area contributed by atoms with Gasteiger partial charge >= 0.3 is 0 Å². The number of thiazole rings is 1. The Balaban J connectivity index is 2.51. The highest BCUT2D eigenvalue weighted by atomic mass is 32.1. The molecule has 4 heteroatoms. The van der Waals surface area contributed by atoms with Gasteiger partial charge in [-0.15, -0.1) is 11.3 Å². The van der Waals surface area contributed by atoms with E-state index in [4.69, 9.17) is 10.5 Å². The molecule has 0 fully saturated rings. The first-order chi connectivity index (χ1) is 6.65. The molecule has 2 N–H and O–H groups in total. The molecule has 0 aliphatic heterocycles. The fourth-order valence-electron chi connectivity index (χ4n) is 1.63. The molecule has 0 saturated carbocycles. The van der Waals surface area contributed by atoms with Gasteiger partial charge in [0, 0.05) is 30.6 Å². The molecule has 1 aromatic rings. The minimum absolute atomic E-state index is 0.0560. The van der Waals surface area contributed by atoms with Crippen LogP contribution in [0.1, 0.15) is 18.7 Å². The van der Waals surface area contributed by atoms with Crippen molar-refractivity contribution in [3.63, 3.8) is 0 Å². The Bertz CT molecular complexity index is 249. The lowest BCUT2D eigenvalue weighted by Crippen LogP contribution is -2.41. The lowest BCUT2D eigenvalue weighted by molar-refractivity contribution is 0.0443. The van der Waals surface area contributed by atoms with Gasteiger partial charge in [0.1, 0.15) is 0 Å². The summed E-state index contributed by atoms with van der Waals surface area (Å²) in [7, 11) is 1.72. The van der Waals surface area contributed by atoms with Crippen molar-refractivity contribution in [1.29, 1.82) is 0 Å². The molecular weight excluding hydrogens is 196 g/mol. The van der Waals surface area contributed by atoms with Crippen LogP contribution in [0.3, 0.4) is 0 Å². The summed E-state index contributed by atoms with van der Waals surface area (Å²) in [6, 6.07) is 0.0560. The highest BCUT2D eigenvalue weighted by molar-refractivity contribution is 7.09. The molecule has 2 unspecified atom stereocenters. The van der Waals surface area contributed by atoms with Crippen LogP contribution in [0.15, 0.2) is 11.7 Å². The minimum Gasteiger partial charge on any atom is -0.380 e. The molecule has 0 saturated heterocycles. The normalized spacial score (nSPS) is 15.8. The second kappa shape index (κ2) is 5.44. The summed E-state index contributed by atoms with van der Waals surface area (Å²) in [6.45, 7) is 4.25. The SMILES string of the molecule is COC(C(C)C)C(N)Cc1cncs1. The molecule has 14 heavy (non-hydrogen) atoms. The highest BCUT2D eigenvalue weighted by Gasteiger charge is 2.21. The van der Waals surface area contributed by atoms with E-state index in [0.717, 1.165) is 6.42 Å². The molecule has 0 bridgehead atoms. The van der Waals surface area contributed by atoms with Crippen LogP contribution in [0.4, 0.5) is 0 Å². The van der Waals surface area contributed by atoms with Crippen LogP contribution < -0.4 is 5.73 Å². The molecule has 0 aliphatic rings. The molecule has 0 aromatic carbocycles. The zero-order chi connectivity index (χ0) is 10.6. The Morgan fingerprint density at radius 3 is 2.71 bits per heavy atom. The number of nitrogens with zero attached hydrogens (tertiary/aromatic N) is 1. The molecule has 0 aliphatic carbocycles. The topological polar surface area (TPSA) is 48.1 Å². The van der Waals surface area contributed by atoms with Gasteiger partial charge in [-0.3, -0.25) is 4.98 Å². The van der Waals surface area contributed by atoms with Crippen LogP contribution in [-0.2, 0) is 11.2 Å². The fourth-order valence-corrected chi connectivity index (χ4v) is 2.30. The third kappa shape index (κ3) is 3.04. The Hall–Kier alpha value is -0.450. The van der Waals surface area contributed by atoms with Crippen molar-refractivity contribution in [1.82, 2.24) is 4.98 Å². The van der Waals surface area contributed by atoms with Crippen molar-refractivity contribution in [3.05, 3.63) is 16.6 Å². The average Bonchev–Trinajstić information content (AvgIpc) is 2.57. The summed E-state index contributed by atoms with van der Waals surface area (Å²) < 4.78 is 5.38. The summed E-state index contributed by atoms with van der Waals surface area (Å²) in [6.07, 6.45) is 2.84. The first-order valence-electron chi connectivity index (χ1n) is 4.81. The van der Waals surface area contributed by atoms with Crippen molar-refractivity contribution < 1.29 is 4.74 Å². The molecule has 2 atom stereocenters. The van der Waals surface area contributed by atoms with E-state index < -0.39 is 0 Å². The van der Waals surface area contributed by atoms with Crippen molar-refractivity contribution >= 4 is 11.3 Å². The summed E-state index contributed by atoms with van der Waals surface area (Å²) in [5, 5.41) is 0. The molecule has 0 radical (unpaired) electrons. The van der Waals surface area contributed by atoms with Gasteiger partial charge in [-0.25, -0.2) is 0 Å². The first kappa shape index (κ1) is 11.6. The van der Waals surface area contributed by atoms with Crippen LogP contribution >= 0.6 is 11.3 Å². The number of methoxy groups -OCH3 is 1. The van der Waals surface area contributed by atoms with E-state index in [2.05, 4.69) is 18.8 Å². The molecule has 0 amide bonds. The van der Waals surface area contributed by atoms with Crippen LogP contribution in [0, 0.1) is 5.92 Å². The summed E-state index contributed by atoms with van der Waals surface area (Å²) in [5.74, 6) is 0.447. The molecule has 1 aromatic heterocycles. The van der Waals surface area contributed by atoms with E-state index in [-0.39, 0.29) is 12.1 Å². The maximum Gasteiger partial charge on any atom is 0.0794 e. The molecule has 80 valence electrons. The number of hydrogen-bond donors (Lipinski definition) is 1. The second-order valence-electron chi connectivity index (χ2n) is 3.78. The maximum absolute atomic E-state index is 6.07. The predicted octanol–water partition coefficient (Wildman–Crippen LogP) is 1.68. The summed E-state index contributed by atoms with van der Waals surface area (Å²) in [4.78, 5) is 5.25. The van der Waals surface area contributed by atoms with Gasteiger partial charge in [0.15, 0.2) is 0 Å². The van der Waals surface area contributed by atoms with Crippen LogP contribution in [-0.4, -0.2) is 24.2 Å². The number of aromatic nitrogens is 1. The number of hydrogen-bond acceptors (Lipinski definition) is 4. The fraction of sp³-hybridized carbons (Fsp3) is 0.700. The Morgan fingerprint density at radius 2 is 2.29 bits per heavy atom. The van der Waals surface area contributed by atoms with E-state index in [1.54, 1.807) is 18.4 Å². The van der Waals surface area contributed by atoms with Gasteiger partial charge in [0.2, 0.25) is 0 Å². The van der Waals surface area contributed by atoms with E-state index in [0.29, 0.717) is 5.92 Å². The number of nitrogens with two attached hydrogens (primary N) is 1. The number of rotatable bonds is 5. The molecular formula is C10H18N2OS. The van der Waals surface area contributed by atoms with Crippen molar-refractivity contribution in [2.24, 2.45) is 11.7 Å². The van der Waals surface area contributed by atoms with Gasteiger partial charge < -0.3 is 10.5 Å². The molecule has 3 nitrogen and oxygen atoms in total. The van der Waals surface area contributed by atoms with E-state index in [1.807, 2.05) is 11.7 Å². The Morgan fingerprint density at radius 1 is 1.57 bits per heavy atom. The second-order valence-corrected chi connectivity index (χ2v) is 4.75. The molecule has 0 spiro atoms. The van der Waals surface area contributed by atoms with Gasteiger partial charge in [0.25, 0.3) is 0 Å². The van der Waals surface area contributed by atoms with E-state index >= 15 is 0 Å². The summed E-state index contributed by atoms with van der Waals surface area (Å²) in [5.41, 5.74) is 7.91. The lowest BCUT2D eigenvalue weighted by Gasteiger charge is -2.25. The Kier molecular flexibility index (Phi) is 4.51. The van der Waals surface area contributed by atoms with Gasteiger partial charge in [-0.1, -0.05) is 13.8 Å². The van der Waals surface area contributed by atoms with Gasteiger partial charge in [-0.05, 0) is 5.92 Å². The lowest BCUT2D eigenvalue weighted by atomic mass is 9.97. The number of ether oxygens (including phenoxy) is 1. The molecule has 1 heterocycles. The quantitative estimate of drug-likeness (QED) is 0.811. The van der Waals surface area contributed by atoms with Crippen LogP contribution in [0.25, 0.3) is 0 Å². The largest absolute Gasteiger partial charge is 0.380 e. The minimum atomic E-state index is 0.0560. The zero-order valence-electron chi connectivity index (χ0n) is 8.93. The monoisotopic (exact) mass is 214 g/mol. The van der Waals surface area contributed by atoms with Crippen molar-refractivity contribution in [2.45, 2.75) is 32.4 Å². The maximum atomic E-state index is 6.07. The third-order valence-electron chi connectivity index (χ3n) is 2.27. The predicted molar refractivity (Wildman–Crippen MR) is 59.4 cm³/mol. The van der Waals surface area contributed by atoms with Crippen molar-refractivity contribution in [2.75, 3.05) is 7.11 Å². The summed E-state index contributed by atoms with van der Waals surface area (Å²) >= 11 is 1.64. The Labute approximate surface area is 89.3 Å². The zero-order valence-corrected chi connectivity index (χ0v) is 9.75. The van der Waals surface area contributed by atoms with Crippen LogP contribution in [0.5, 0.6) is 0 Å². The average molecular weight is 214 g/mol. The van der Waals surface area contributed by atoms with E-state index in [9.17, 15) is 0 Å². The smallest absolute Gasteiger partial charge is 0.0794 e. The molecule has 1 rings (SSSR count). The third-order valence-corrected chi connectivity index (χ3v) is 3.07. The van der Waals surface area contributed by atoms with Gasteiger partial charge in [-0.2, -0.15) is 0 Å². The van der Waals surface area contributed by atoms with E-state index in [1.165, 1.54) is 4.88 Å². The van der Waals surface area contributed by atoms with Crippen LogP contribution in [0.2, 0.25) is 0 Å². The first-order valence-corrected chi connectivity index (χ1v) is 5.69. The standard InChI is InChI=1S/C10H18N2OS/c1-7(2)10(13-3)9(11)4-8-5-12-6-14-8/h5-7,9-10H,4,11H2,1-3H3.